The minimum absolute atomic E-state index is 0.206. The third-order valence-corrected chi connectivity index (χ3v) is 2.99. The van der Waals surface area contributed by atoms with Crippen LogP contribution >= 0.6 is 0 Å². The molecule has 20 heavy (non-hydrogen) atoms. The van der Waals surface area contributed by atoms with E-state index in [1.165, 1.54) is 0 Å². The van der Waals surface area contributed by atoms with Crippen molar-refractivity contribution in [3.63, 3.8) is 0 Å². The number of hydrogen-bond donors (Lipinski definition) is 2. The molecule has 7 nitrogen and oxygen atoms in total. The fourth-order valence-electron chi connectivity index (χ4n) is 1.94. The predicted molar refractivity (Wildman–Crippen MR) is 73.7 cm³/mol. The number of hydrogen-bond acceptors (Lipinski definition) is 6. The lowest BCUT2D eigenvalue weighted by atomic mass is 10.2. The summed E-state index contributed by atoms with van der Waals surface area (Å²) < 4.78 is 10.4. The van der Waals surface area contributed by atoms with Crippen LogP contribution in [-0.4, -0.2) is 55.4 Å². The van der Waals surface area contributed by atoms with E-state index in [2.05, 4.69) is 20.6 Å². The Kier molecular flexibility index (Phi) is 5.69. The van der Waals surface area contributed by atoms with Gasteiger partial charge in [0.15, 0.2) is 0 Å². The van der Waals surface area contributed by atoms with Crippen LogP contribution in [0.25, 0.3) is 0 Å². The molecule has 1 amide bonds. The summed E-state index contributed by atoms with van der Waals surface area (Å²) in [6.45, 7) is 2.41. The van der Waals surface area contributed by atoms with Gasteiger partial charge in [0.25, 0.3) is 5.91 Å². The number of anilines is 1. The van der Waals surface area contributed by atoms with Gasteiger partial charge in [-0.15, -0.1) is 0 Å². The quantitative estimate of drug-likeness (QED) is 0.705. The Morgan fingerprint density at radius 1 is 1.60 bits per heavy atom. The molecule has 2 heterocycles. The number of amides is 1. The summed E-state index contributed by atoms with van der Waals surface area (Å²) in [6, 6.07) is 1.58. The SMILES string of the molecule is COCCNC(=O)c1ccnc(NCC2CCCO2)n1. The molecule has 0 spiro atoms. The summed E-state index contributed by atoms with van der Waals surface area (Å²) in [5.41, 5.74) is 0.339. The Balaban J connectivity index is 1.84. The molecule has 1 saturated heterocycles. The fraction of sp³-hybridized carbons (Fsp3) is 0.615. The van der Waals surface area contributed by atoms with Crippen molar-refractivity contribution in [3.05, 3.63) is 18.0 Å². The molecule has 1 atom stereocenters. The van der Waals surface area contributed by atoms with Crippen LogP contribution in [0.3, 0.4) is 0 Å². The number of carbonyl (C=O) groups excluding carboxylic acids is 1. The Hall–Kier alpha value is -1.73. The third kappa shape index (κ3) is 4.43. The first-order valence-electron chi connectivity index (χ1n) is 6.75. The van der Waals surface area contributed by atoms with Crippen molar-refractivity contribution in [2.24, 2.45) is 0 Å². The van der Waals surface area contributed by atoms with E-state index in [4.69, 9.17) is 9.47 Å². The molecule has 2 rings (SSSR count). The standard InChI is InChI=1S/C13H20N4O3/c1-19-8-6-14-12(18)11-4-5-15-13(17-11)16-9-10-3-2-7-20-10/h4-5,10H,2-3,6-9H2,1H3,(H,14,18)(H,15,16,17). The molecule has 1 unspecified atom stereocenters. The summed E-state index contributed by atoms with van der Waals surface area (Å²) in [5.74, 6) is 0.213. The average molecular weight is 280 g/mol. The van der Waals surface area contributed by atoms with E-state index >= 15 is 0 Å². The molecule has 1 aromatic rings. The summed E-state index contributed by atoms with van der Waals surface area (Å²) >= 11 is 0. The van der Waals surface area contributed by atoms with E-state index in [9.17, 15) is 4.79 Å². The zero-order valence-electron chi connectivity index (χ0n) is 11.6. The summed E-state index contributed by atoms with van der Waals surface area (Å²) in [6.07, 6.45) is 3.91. The summed E-state index contributed by atoms with van der Waals surface area (Å²) in [7, 11) is 1.59. The van der Waals surface area contributed by atoms with Crippen molar-refractivity contribution in [3.8, 4) is 0 Å². The molecule has 1 aromatic heterocycles. The zero-order chi connectivity index (χ0) is 14.2. The van der Waals surface area contributed by atoms with Crippen LogP contribution in [0.1, 0.15) is 23.3 Å². The number of carbonyl (C=O) groups is 1. The van der Waals surface area contributed by atoms with Gasteiger partial charge in [0.1, 0.15) is 5.69 Å². The van der Waals surface area contributed by atoms with Crippen LogP contribution in [0.2, 0.25) is 0 Å². The highest BCUT2D eigenvalue weighted by Crippen LogP contribution is 2.12. The second kappa shape index (κ2) is 7.76. The highest BCUT2D eigenvalue weighted by molar-refractivity contribution is 5.92. The lowest BCUT2D eigenvalue weighted by Crippen LogP contribution is -2.28. The molecule has 0 aliphatic carbocycles. The number of nitrogens with zero attached hydrogens (tertiary/aromatic N) is 2. The van der Waals surface area contributed by atoms with Crippen molar-refractivity contribution >= 4 is 11.9 Å². The molecule has 110 valence electrons. The molecule has 7 heteroatoms. The average Bonchev–Trinajstić information content (AvgIpc) is 2.99. The lowest BCUT2D eigenvalue weighted by Gasteiger charge is -2.11. The molecule has 0 saturated carbocycles. The van der Waals surface area contributed by atoms with Gasteiger partial charge in [0.05, 0.1) is 12.7 Å². The Bertz CT molecular complexity index is 435. The third-order valence-electron chi connectivity index (χ3n) is 2.99. The van der Waals surface area contributed by atoms with Crippen molar-refractivity contribution in [2.45, 2.75) is 18.9 Å². The maximum Gasteiger partial charge on any atom is 0.270 e. The maximum atomic E-state index is 11.8. The topological polar surface area (TPSA) is 85.4 Å². The van der Waals surface area contributed by atoms with Gasteiger partial charge < -0.3 is 20.1 Å². The summed E-state index contributed by atoms with van der Waals surface area (Å²) in [4.78, 5) is 20.1. The normalized spacial score (nSPS) is 17.9. The Morgan fingerprint density at radius 3 is 3.25 bits per heavy atom. The smallest absolute Gasteiger partial charge is 0.270 e. The van der Waals surface area contributed by atoms with Gasteiger partial charge in [-0.25, -0.2) is 9.97 Å². The minimum Gasteiger partial charge on any atom is -0.383 e. The first-order valence-corrected chi connectivity index (χ1v) is 6.75. The zero-order valence-corrected chi connectivity index (χ0v) is 11.6. The van der Waals surface area contributed by atoms with E-state index in [-0.39, 0.29) is 12.0 Å². The predicted octanol–water partition coefficient (Wildman–Crippen LogP) is 0.444. The van der Waals surface area contributed by atoms with E-state index in [0.717, 1.165) is 19.4 Å². The number of rotatable bonds is 7. The van der Waals surface area contributed by atoms with Crippen molar-refractivity contribution in [1.82, 2.24) is 15.3 Å². The van der Waals surface area contributed by atoms with Gasteiger partial charge in [0.2, 0.25) is 5.95 Å². The fourth-order valence-corrected chi connectivity index (χ4v) is 1.94. The van der Waals surface area contributed by atoms with Gasteiger partial charge in [0, 0.05) is 33.0 Å². The van der Waals surface area contributed by atoms with Gasteiger partial charge in [-0.3, -0.25) is 4.79 Å². The van der Waals surface area contributed by atoms with Gasteiger partial charge in [-0.05, 0) is 18.9 Å². The van der Waals surface area contributed by atoms with Crippen molar-refractivity contribution in [1.29, 1.82) is 0 Å². The number of methoxy groups -OCH3 is 1. The van der Waals surface area contributed by atoms with Crippen molar-refractivity contribution < 1.29 is 14.3 Å². The van der Waals surface area contributed by atoms with E-state index in [1.807, 2.05) is 0 Å². The molecule has 0 aromatic carbocycles. The van der Waals surface area contributed by atoms with Crippen LogP contribution in [-0.2, 0) is 9.47 Å². The van der Waals surface area contributed by atoms with Gasteiger partial charge in [-0.1, -0.05) is 0 Å². The minimum atomic E-state index is -0.232. The molecule has 0 bridgehead atoms. The van der Waals surface area contributed by atoms with Crippen LogP contribution in [0, 0.1) is 0 Å². The molecular weight excluding hydrogens is 260 g/mol. The highest BCUT2D eigenvalue weighted by Gasteiger charge is 2.15. The molecule has 1 aliphatic rings. The van der Waals surface area contributed by atoms with Crippen LogP contribution in [0.5, 0.6) is 0 Å². The molecule has 2 N–H and O–H groups in total. The maximum absolute atomic E-state index is 11.8. The van der Waals surface area contributed by atoms with Crippen LogP contribution < -0.4 is 10.6 Å². The largest absolute Gasteiger partial charge is 0.383 e. The Morgan fingerprint density at radius 2 is 2.50 bits per heavy atom. The van der Waals surface area contributed by atoms with E-state index < -0.39 is 0 Å². The number of nitrogens with one attached hydrogen (secondary N) is 2. The number of ether oxygens (including phenoxy) is 2. The monoisotopic (exact) mass is 280 g/mol. The van der Waals surface area contributed by atoms with Gasteiger partial charge in [-0.2, -0.15) is 0 Å². The second-order valence-corrected chi connectivity index (χ2v) is 4.53. The highest BCUT2D eigenvalue weighted by atomic mass is 16.5. The summed E-state index contributed by atoms with van der Waals surface area (Å²) in [5, 5.41) is 5.81. The first-order chi connectivity index (χ1) is 9.79. The van der Waals surface area contributed by atoms with Crippen LogP contribution in [0.4, 0.5) is 5.95 Å². The molecular formula is C13H20N4O3. The Labute approximate surface area is 118 Å². The van der Waals surface area contributed by atoms with Crippen LogP contribution in [0.15, 0.2) is 12.3 Å². The molecule has 1 aliphatic heterocycles. The molecule has 0 radical (unpaired) electrons. The van der Waals surface area contributed by atoms with E-state index in [0.29, 0.717) is 31.3 Å². The van der Waals surface area contributed by atoms with E-state index in [1.54, 1.807) is 19.4 Å². The first kappa shape index (κ1) is 14.7. The second-order valence-electron chi connectivity index (χ2n) is 4.53. The number of aromatic nitrogens is 2. The van der Waals surface area contributed by atoms with Crippen molar-refractivity contribution in [2.75, 3.05) is 38.7 Å². The van der Waals surface area contributed by atoms with Gasteiger partial charge >= 0.3 is 0 Å². The molecule has 1 fully saturated rings. The lowest BCUT2D eigenvalue weighted by molar-refractivity contribution is 0.0932.